The maximum atomic E-state index is 5.67. The Balaban J connectivity index is 1.27. The highest BCUT2D eigenvalue weighted by atomic mass is 16.3. The van der Waals surface area contributed by atoms with E-state index in [1.54, 1.807) is 0 Å². The SMILES string of the molecule is Cc1ccc(-c2nc(CN3CCC(NCC4CC4)CC3)co2)cc1. The standard InChI is InChI=1S/C20H27N3O/c1-15-2-6-17(7-3-15)20-22-19(14-24-20)13-23-10-8-18(9-11-23)21-12-16-4-5-16/h2-3,6-7,14,16,18,21H,4-5,8-13H2,1H3. The molecule has 1 saturated heterocycles. The summed E-state index contributed by atoms with van der Waals surface area (Å²) in [6.07, 6.45) is 7.17. The fraction of sp³-hybridized carbons (Fsp3) is 0.550. The van der Waals surface area contributed by atoms with Crippen LogP contribution in [-0.2, 0) is 6.54 Å². The first-order chi connectivity index (χ1) is 11.8. The average Bonchev–Trinajstić information content (AvgIpc) is 3.33. The van der Waals surface area contributed by atoms with Gasteiger partial charge in [0, 0.05) is 31.2 Å². The molecule has 2 aromatic rings. The Kier molecular flexibility index (Phi) is 4.67. The van der Waals surface area contributed by atoms with Crippen molar-refractivity contribution >= 4 is 0 Å². The van der Waals surface area contributed by atoms with Gasteiger partial charge in [-0.3, -0.25) is 4.90 Å². The molecule has 1 aliphatic carbocycles. The van der Waals surface area contributed by atoms with Crippen molar-refractivity contribution < 1.29 is 4.42 Å². The third-order valence-electron chi connectivity index (χ3n) is 5.22. The van der Waals surface area contributed by atoms with Crippen LogP contribution in [-0.4, -0.2) is 35.6 Å². The summed E-state index contributed by atoms with van der Waals surface area (Å²) in [6, 6.07) is 9.04. The summed E-state index contributed by atoms with van der Waals surface area (Å²) in [5.74, 6) is 1.70. The van der Waals surface area contributed by atoms with E-state index >= 15 is 0 Å². The van der Waals surface area contributed by atoms with Crippen LogP contribution in [0.4, 0.5) is 0 Å². The highest BCUT2D eigenvalue weighted by Gasteiger charge is 2.24. The van der Waals surface area contributed by atoms with Crippen molar-refractivity contribution in [3.05, 3.63) is 41.8 Å². The molecule has 2 heterocycles. The molecule has 2 aliphatic rings. The molecule has 1 N–H and O–H groups in total. The topological polar surface area (TPSA) is 41.3 Å². The van der Waals surface area contributed by atoms with Gasteiger partial charge in [0.15, 0.2) is 0 Å². The van der Waals surface area contributed by atoms with Gasteiger partial charge in [-0.15, -0.1) is 0 Å². The number of nitrogens with one attached hydrogen (secondary N) is 1. The van der Waals surface area contributed by atoms with E-state index in [-0.39, 0.29) is 0 Å². The van der Waals surface area contributed by atoms with E-state index in [0.29, 0.717) is 6.04 Å². The zero-order chi connectivity index (χ0) is 16.4. The largest absolute Gasteiger partial charge is 0.444 e. The molecule has 1 aromatic heterocycles. The van der Waals surface area contributed by atoms with Crippen molar-refractivity contribution in [3.63, 3.8) is 0 Å². The van der Waals surface area contributed by atoms with Gasteiger partial charge in [-0.2, -0.15) is 0 Å². The van der Waals surface area contributed by atoms with Crippen molar-refractivity contribution in [2.75, 3.05) is 19.6 Å². The molecule has 0 bridgehead atoms. The Hall–Kier alpha value is -1.65. The first-order valence-corrected chi connectivity index (χ1v) is 9.23. The molecule has 2 fully saturated rings. The van der Waals surface area contributed by atoms with Crippen LogP contribution in [0.5, 0.6) is 0 Å². The van der Waals surface area contributed by atoms with Crippen LogP contribution in [0.2, 0.25) is 0 Å². The lowest BCUT2D eigenvalue weighted by molar-refractivity contribution is 0.188. The number of likely N-dealkylation sites (tertiary alicyclic amines) is 1. The van der Waals surface area contributed by atoms with Gasteiger partial charge in [-0.1, -0.05) is 17.7 Å². The zero-order valence-electron chi connectivity index (χ0n) is 14.5. The molecule has 24 heavy (non-hydrogen) atoms. The maximum absolute atomic E-state index is 5.67. The Morgan fingerprint density at radius 1 is 1.12 bits per heavy atom. The number of piperidine rings is 1. The van der Waals surface area contributed by atoms with E-state index < -0.39 is 0 Å². The van der Waals surface area contributed by atoms with Gasteiger partial charge in [-0.25, -0.2) is 4.98 Å². The molecule has 128 valence electrons. The van der Waals surface area contributed by atoms with Crippen LogP contribution >= 0.6 is 0 Å². The Morgan fingerprint density at radius 3 is 2.58 bits per heavy atom. The molecule has 4 nitrogen and oxygen atoms in total. The molecular weight excluding hydrogens is 298 g/mol. The lowest BCUT2D eigenvalue weighted by atomic mass is 10.0. The second kappa shape index (κ2) is 7.08. The molecule has 0 spiro atoms. The number of aryl methyl sites for hydroxylation is 1. The van der Waals surface area contributed by atoms with Gasteiger partial charge >= 0.3 is 0 Å². The average molecular weight is 325 g/mol. The van der Waals surface area contributed by atoms with Gasteiger partial charge in [0.2, 0.25) is 5.89 Å². The van der Waals surface area contributed by atoms with E-state index in [1.165, 1.54) is 37.8 Å². The number of hydrogen-bond donors (Lipinski definition) is 1. The number of hydrogen-bond acceptors (Lipinski definition) is 4. The van der Waals surface area contributed by atoms with Crippen LogP contribution in [0.3, 0.4) is 0 Å². The number of nitrogens with zero attached hydrogens (tertiary/aromatic N) is 2. The summed E-state index contributed by atoms with van der Waals surface area (Å²) >= 11 is 0. The van der Waals surface area contributed by atoms with Crippen molar-refractivity contribution in [2.45, 2.75) is 45.2 Å². The maximum Gasteiger partial charge on any atom is 0.226 e. The normalized spacial score (nSPS) is 19.7. The molecule has 4 rings (SSSR count). The zero-order valence-corrected chi connectivity index (χ0v) is 14.5. The Morgan fingerprint density at radius 2 is 1.88 bits per heavy atom. The second-order valence-corrected chi connectivity index (χ2v) is 7.41. The van der Waals surface area contributed by atoms with E-state index in [2.05, 4.69) is 46.4 Å². The monoisotopic (exact) mass is 325 g/mol. The fourth-order valence-corrected chi connectivity index (χ4v) is 3.39. The number of rotatable bonds is 6. The second-order valence-electron chi connectivity index (χ2n) is 7.41. The van der Waals surface area contributed by atoms with Crippen LogP contribution in [0, 0.1) is 12.8 Å². The first-order valence-electron chi connectivity index (χ1n) is 9.23. The van der Waals surface area contributed by atoms with Crippen molar-refractivity contribution in [2.24, 2.45) is 5.92 Å². The molecule has 1 saturated carbocycles. The van der Waals surface area contributed by atoms with Crippen molar-refractivity contribution in [1.82, 2.24) is 15.2 Å². The van der Waals surface area contributed by atoms with Crippen molar-refractivity contribution in [3.8, 4) is 11.5 Å². The number of oxazole rings is 1. The lowest BCUT2D eigenvalue weighted by Gasteiger charge is -2.31. The summed E-state index contributed by atoms with van der Waals surface area (Å²) < 4.78 is 5.67. The summed E-state index contributed by atoms with van der Waals surface area (Å²) in [4.78, 5) is 7.16. The number of aromatic nitrogens is 1. The van der Waals surface area contributed by atoms with Crippen LogP contribution < -0.4 is 5.32 Å². The van der Waals surface area contributed by atoms with Gasteiger partial charge in [-0.05, 0) is 57.2 Å². The number of benzene rings is 1. The minimum atomic E-state index is 0.710. The molecule has 0 amide bonds. The highest BCUT2D eigenvalue weighted by molar-refractivity contribution is 5.53. The molecule has 0 radical (unpaired) electrons. The highest BCUT2D eigenvalue weighted by Crippen LogP contribution is 2.28. The van der Waals surface area contributed by atoms with E-state index in [9.17, 15) is 0 Å². The van der Waals surface area contributed by atoms with Gasteiger partial charge in [0.05, 0.1) is 5.69 Å². The quantitative estimate of drug-likeness (QED) is 0.881. The van der Waals surface area contributed by atoms with Gasteiger partial charge in [0.25, 0.3) is 0 Å². The van der Waals surface area contributed by atoms with E-state index in [4.69, 9.17) is 4.42 Å². The summed E-state index contributed by atoms with van der Waals surface area (Å²) in [6.45, 7) is 6.51. The van der Waals surface area contributed by atoms with Crippen LogP contribution in [0.15, 0.2) is 34.9 Å². The fourth-order valence-electron chi connectivity index (χ4n) is 3.39. The Bertz CT molecular complexity index is 652. The lowest BCUT2D eigenvalue weighted by Crippen LogP contribution is -2.42. The molecular formula is C20H27N3O. The minimum Gasteiger partial charge on any atom is -0.444 e. The van der Waals surface area contributed by atoms with E-state index in [1.807, 2.05) is 6.26 Å². The van der Waals surface area contributed by atoms with Gasteiger partial charge < -0.3 is 9.73 Å². The predicted molar refractivity (Wildman–Crippen MR) is 95.7 cm³/mol. The van der Waals surface area contributed by atoms with E-state index in [0.717, 1.165) is 42.7 Å². The van der Waals surface area contributed by atoms with Crippen LogP contribution in [0.1, 0.15) is 36.9 Å². The first kappa shape index (κ1) is 15.9. The molecule has 4 heteroatoms. The summed E-state index contributed by atoms with van der Waals surface area (Å²) in [5, 5.41) is 3.74. The third kappa shape index (κ3) is 4.05. The minimum absolute atomic E-state index is 0.710. The third-order valence-corrected chi connectivity index (χ3v) is 5.22. The smallest absolute Gasteiger partial charge is 0.226 e. The van der Waals surface area contributed by atoms with Gasteiger partial charge in [0.1, 0.15) is 6.26 Å². The molecule has 1 aromatic carbocycles. The predicted octanol–water partition coefficient (Wildman–Crippen LogP) is 3.61. The molecule has 1 aliphatic heterocycles. The van der Waals surface area contributed by atoms with Crippen molar-refractivity contribution in [1.29, 1.82) is 0 Å². The summed E-state index contributed by atoms with van der Waals surface area (Å²) in [7, 11) is 0. The Labute approximate surface area is 144 Å². The van der Waals surface area contributed by atoms with Crippen LogP contribution in [0.25, 0.3) is 11.5 Å². The summed E-state index contributed by atoms with van der Waals surface area (Å²) in [5.41, 5.74) is 3.34. The molecule has 0 unspecified atom stereocenters. The molecule has 0 atom stereocenters.